The molecule has 2 amide bonds. The summed E-state index contributed by atoms with van der Waals surface area (Å²) < 4.78 is 5.10. The number of rotatable bonds is 5. The Balaban J connectivity index is 1.65. The molecular weight excluding hydrogens is 352 g/mol. The molecule has 2 N–H and O–H groups in total. The molecule has 0 aliphatic carbocycles. The lowest BCUT2D eigenvalue weighted by molar-refractivity contribution is 0.101. The minimum atomic E-state index is -0.244. The third-order valence-corrected chi connectivity index (χ3v) is 4.52. The summed E-state index contributed by atoms with van der Waals surface area (Å²) in [6.07, 6.45) is 0. The van der Waals surface area contributed by atoms with Crippen LogP contribution in [-0.2, 0) is 0 Å². The van der Waals surface area contributed by atoms with Gasteiger partial charge >= 0.3 is 0 Å². The van der Waals surface area contributed by atoms with E-state index in [0.717, 1.165) is 17.0 Å². The highest BCUT2D eigenvalue weighted by molar-refractivity contribution is 6.07. The van der Waals surface area contributed by atoms with Crippen LogP contribution in [0.1, 0.15) is 31.8 Å². The van der Waals surface area contributed by atoms with E-state index in [-0.39, 0.29) is 11.8 Å². The SMILES string of the molecule is COc1ccc(NC(=O)c2ccc(C(=O)Nc3ccc(C)c(C)c3)cc2)cc1. The van der Waals surface area contributed by atoms with Gasteiger partial charge in [0.15, 0.2) is 0 Å². The minimum absolute atomic E-state index is 0.217. The maximum atomic E-state index is 12.4. The van der Waals surface area contributed by atoms with Crippen molar-refractivity contribution < 1.29 is 14.3 Å². The van der Waals surface area contributed by atoms with E-state index in [1.807, 2.05) is 32.0 Å². The number of benzene rings is 3. The summed E-state index contributed by atoms with van der Waals surface area (Å²) in [4.78, 5) is 24.8. The summed E-state index contributed by atoms with van der Waals surface area (Å²) in [5.74, 6) is 0.258. The minimum Gasteiger partial charge on any atom is -0.497 e. The van der Waals surface area contributed by atoms with Gasteiger partial charge in [-0.25, -0.2) is 0 Å². The van der Waals surface area contributed by atoms with E-state index in [0.29, 0.717) is 16.8 Å². The Morgan fingerprint density at radius 2 is 1.18 bits per heavy atom. The predicted octanol–water partition coefficient (Wildman–Crippen LogP) is 4.82. The highest BCUT2D eigenvalue weighted by Crippen LogP contribution is 2.17. The molecule has 3 rings (SSSR count). The molecule has 0 atom stereocenters. The molecule has 0 aliphatic rings. The zero-order valence-electron chi connectivity index (χ0n) is 16.1. The van der Waals surface area contributed by atoms with E-state index in [2.05, 4.69) is 10.6 Å². The molecule has 0 heterocycles. The number of nitrogens with one attached hydrogen (secondary N) is 2. The van der Waals surface area contributed by atoms with Crippen molar-refractivity contribution in [2.45, 2.75) is 13.8 Å². The van der Waals surface area contributed by atoms with Crippen molar-refractivity contribution in [3.05, 3.63) is 89.0 Å². The number of amides is 2. The van der Waals surface area contributed by atoms with E-state index < -0.39 is 0 Å². The molecule has 0 saturated heterocycles. The summed E-state index contributed by atoms with van der Waals surface area (Å²) in [6.45, 7) is 4.03. The predicted molar refractivity (Wildman–Crippen MR) is 111 cm³/mol. The van der Waals surface area contributed by atoms with Crippen molar-refractivity contribution in [2.75, 3.05) is 17.7 Å². The monoisotopic (exact) mass is 374 g/mol. The molecule has 5 heteroatoms. The highest BCUT2D eigenvalue weighted by atomic mass is 16.5. The van der Waals surface area contributed by atoms with E-state index in [1.54, 1.807) is 55.6 Å². The van der Waals surface area contributed by atoms with Gasteiger partial charge < -0.3 is 15.4 Å². The van der Waals surface area contributed by atoms with Crippen LogP contribution in [0.3, 0.4) is 0 Å². The topological polar surface area (TPSA) is 67.4 Å². The highest BCUT2D eigenvalue weighted by Gasteiger charge is 2.10. The van der Waals surface area contributed by atoms with Crippen molar-refractivity contribution in [1.29, 1.82) is 0 Å². The molecule has 3 aromatic rings. The molecule has 3 aromatic carbocycles. The van der Waals surface area contributed by atoms with Crippen LogP contribution < -0.4 is 15.4 Å². The lowest BCUT2D eigenvalue weighted by Gasteiger charge is -2.09. The van der Waals surface area contributed by atoms with Crippen molar-refractivity contribution in [3.63, 3.8) is 0 Å². The zero-order chi connectivity index (χ0) is 20.1. The van der Waals surface area contributed by atoms with Gasteiger partial charge in [-0.05, 0) is 85.6 Å². The Morgan fingerprint density at radius 3 is 1.68 bits per heavy atom. The van der Waals surface area contributed by atoms with Crippen LogP contribution in [-0.4, -0.2) is 18.9 Å². The van der Waals surface area contributed by atoms with Crippen LogP contribution in [0.2, 0.25) is 0 Å². The number of hydrogen-bond donors (Lipinski definition) is 2. The summed E-state index contributed by atoms with van der Waals surface area (Å²) in [6, 6.07) is 19.4. The average Bonchev–Trinajstić information content (AvgIpc) is 2.71. The van der Waals surface area contributed by atoms with Gasteiger partial charge in [-0.3, -0.25) is 9.59 Å². The van der Waals surface area contributed by atoms with Crippen LogP contribution in [0.4, 0.5) is 11.4 Å². The lowest BCUT2D eigenvalue weighted by atomic mass is 10.1. The van der Waals surface area contributed by atoms with Gasteiger partial charge in [0.05, 0.1) is 7.11 Å². The van der Waals surface area contributed by atoms with E-state index in [9.17, 15) is 9.59 Å². The van der Waals surface area contributed by atoms with Gasteiger partial charge in [0, 0.05) is 22.5 Å². The number of carbonyl (C=O) groups is 2. The number of hydrogen-bond acceptors (Lipinski definition) is 3. The molecule has 0 fully saturated rings. The van der Waals surface area contributed by atoms with E-state index in [1.165, 1.54) is 5.56 Å². The van der Waals surface area contributed by atoms with Gasteiger partial charge in [-0.2, -0.15) is 0 Å². The van der Waals surface area contributed by atoms with Gasteiger partial charge in [0.25, 0.3) is 11.8 Å². The molecule has 0 bridgehead atoms. The van der Waals surface area contributed by atoms with Gasteiger partial charge in [-0.1, -0.05) is 6.07 Å². The van der Waals surface area contributed by atoms with Gasteiger partial charge in [0.1, 0.15) is 5.75 Å². The van der Waals surface area contributed by atoms with Crippen LogP contribution in [0.25, 0.3) is 0 Å². The molecule has 28 heavy (non-hydrogen) atoms. The third kappa shape index (κ3) is 4.57. The van der Waals surface area contributed by atoms with Crippen LogP contribution in [0.15, 0.2) is 66.7 Å². The standard InChI is InChI=1S/C23H22N2O3/c1-15-4-9-20(14-16(15)2)25-23(27)18-7-5-17(6-8-18)22(26)24-19-10-12-21(28-3)13-11-19/h4-14H,1-3H3,(H,24,26)(H,25,27). The fourth-order valence-electron chi connectivity index (χ4n) is 2.67. The Bertz CT molecular complexity index is 993. The quantitative estimate of drug-likeness (QED) is 0.673. The number of ether oxygens (including phenoxy) is 1. The maximum absolute atomic E-state index is 12.4. The molecule has 0 aromatic heterocycles. The first-order chi connectivity index (χ1) is 13.5. The zero-order valence-corrected chi connectivity index (χ0v) is 16.1. The molecule has 142 valence electrons. The summed E-state index contributed by atoms with van der Waals surface area (Å²) in [5.41, 5.74) is 4.66. The first-order valence-electron chi connectivity index (χ1n) is 8.90. The van der Waals surface area contributed by atoms with Gasteiger partial charge in [-0.15, -0.1) is 0 Å². The van der Waals surface area contributed by atoms with Crippen molar-refractivity contribution in [1.82, 2.24) is 0 Å². The molecule has 0 spiro atoms. The Kier molecular flexibility index (Phi) is 5.75. The normalized spacial score (nSPS) is 10.2. The van der Waals surface area contributed by atoms with Crippen LogP contribution in [0.5, 0.6) is 5.75 Å². The number of methoxy groups -OCH3 is 1. The average molecular weight is 374 g/mol. The Hall–Kier alpha value is -3.60. The fourth-order valence-corrected chi connectivity index (χ4v) is 2.67. The van der Waals surface area contributed by atoms with Crippen molar-refractivity contribution >= 4 is 23.2 Å². The van der Waals surface area contributed by atoms with Gasteiger partial charge in [0.2, 0.25) is 0 Å². The first kappa shape index (κ1) is 19.2. The second-order valence-corrected chi connectivity index (χ2v) is 6.51. The first-order valence-corrected chi connectivity index (χ1v) is 8.90. The molecular formula is C23H22N2O3. The smallest absolute Gasteiger partial charge is 0.255 e. The van der Waals surface area contributed by atoms with Crippen molar-refractivity contribution in [3.8, 4) is 5.75 Å². The second-order valence-electron chi connectivity index (χ2n) is 6.51. The molecule has 5 nitrogen and oxygen atoms in total. The molecule has 0 unspecified atom stereocenters. The lowest BCUT2D eigenvalue weighted by Crippen LogP contribution is -2.14. The molecule has 0 saturated carbocycles. The second kappa shape index (κ2) is 8.39. The summed E-state index contributed by atoms with van der Waals surface area (Å²) in [7, 11) is 1.59. The Labute approximate surface area is 164 Å². The maximum Gasteiger partial charge on any atom is 0.255 e. The Morgan fingerprint density at radius 1 is 0.679 bits per heavy atom. The third-order valence-electron chi connectivity index (χ3n) is 4.52. The van der Waals surface area contributed by atoms with Crippen LogP contribution >= 0.6 is 0 Å². The summed E-state index contributed by atoms with van der Waals surface area (Å²) >= 11 is 0. The fraction of sp³-hybridized carbons (Fsp3) is 0.130. The number of anilines is 2. The largest absolute Gasteiger partial charge is 0.497 e. The van der Waals surface area contributed by atoms with E-state index in [4.69, 9.17) is 4.74 Å². The van der Waals surface area contributed by atoms with Crippen molar-refractivity contribution in [2.24, 2.45) is 0 Å². The van der Waals surface area contributed by atoms with Crippen LogP contribution in [0, 0.1) is 13.8 Å². The number of carbonyl (C=O) groups excluding carboxylic acids is 2. The van der Waals surface area contributed by atoms with E-state index >= 15 is 0 Å². The molecule has 0 aliphatic heterocycles. The number of aryl methyl sites for hydroxylation is 2. The summed E-state index contributed by atoms with van der Waals surface area (Å²) in [5, 5.41) is 5.69. The molecule has 0 radical (unpaired) electrons.